The van der Waals surface area contributed by atoms with Crippen LogP contribution in [0.3, 0.4) is 0 Å². The van der Waals surface area contributed by atoms with Crippen LogP contribution in [0.15, 0.2) is 0 Å². The minimum Gasteiger partial charge on any atom is -0.382 e. The number of carbonyl (C=O) groups excluding carboxylic acids is 1. The molecule has 0 spiro atoms. The number of hydrogen-bond acceptors (Lipinski definition) is 7. The van der Waals surface area contributed by atoms with Gasteiger partial charge in [0.15, 0.2) is 0 Å². The summed E-state index contributed by atoms with van der Waals surface area (Å²) in [6.07, 6.45) is 8.37. The second kappa shape index (κ2) is 11.2. The van der Waals surface area contributed by atoms with Crippen molar-refractivity contribution in [1.82, 2.24) is 25.9 Å². The molecule has 4 rings (SSSR count). The minimum atomic E-state index is 0.145. The van der Waals surface area contributed by atoms with Crippen LogP contribution in [0.25, 0.3) is 0 Å². The molecule has 4 saturated heterocycles. The van der Waals surface area contributed by atoms with E-state index in [1.54, 1.807) is 7.11 Å². The molecular formula is C22H41N5O3. The van der Waals surface area contributed by atoms with Gasteiger partial charge in [-0.25, -0.2) is 0 Å². The van der Waals surface area contributed by atoms with Crippen molar-refractivity contribution in [3.63, 3.8) is 0 Å². The summed E-state index contributed by atoms with van der Waals surface area (Å²) in [5, 5.41) is 7.18. The highest BCUT2D eigenvalue weighted by molar-refractivity contribution is 5.76. The van der Waals surface area contributed by atoms with E-state index in [0.29, 0.717) is 43.0 Å². The van der Waals surface area contributed by atoms with E-state index in [0.717, 1.165) is 65.1 Å². The number of nitrogens with zero attached hydrogens (tertiary/aromatic N) is 2. The van der Waals surface area contributed by atoms with Crippen LogP contribution in [0.4, 0.5) is 0 Å². The van der Waals surface area contributed by atoms with Crippen molar-refractivity contribution < 1.29 is 14.4 Å². The maximum absolute atomic E-state index is 13.1. The van der Waals surface area contributed by atoms with E-state index in [-0.39, 0.29) is 6.10 Å². The first-order chi connectivity index (χ1) is 14.7. The maximum atomic E-state index is 13.1. The molecule has 8 heteroatoms. The Balaban J connectivity index is 1.22. The first-order valence-electron chi connectivity index (χ1n) is 12.1. The molecule has 1 amide bonds. The number of methoxy groups -OCH3 is 1. The van der Waals surface area contributed by atoms with Gasteiger partial charge in [-0.15, -0.1) is 0 Å². The summed E-state index contributed by atoms with van der Waals surface area (Å²) in [5.74, 6) is 1.36. The standard InChI is InChI=1S/C22H41N5O3/c1-29-16-20-14-19(25-30-20)12-18-15-23-7-5-17(18)13-22(28)27-10-8-26(9-11-27)21-4-2-3-6-24-21/h17-21,23-25H,2-16H2,1H3/t17-,18+,19?,20?,21?/m0/s1. The molecule has 0 aliphatic carbocycles. The predicted octanol–water partition coefficient (Wildman–Crippen LogP) is 0.545. The van der Waals surface area contributed by atoms with Crippen LogP contribution >= 0.6 is 0 Å². The summed E-state index contributed by atoms with van der Waals surface area (Å²) < 4.78 is 5.22. The third kappa shape index (κ3) is 5.93. The number of carbonyl (C=O) groups is 1. The van der Waals surface area contributed by atoms with E-state index >= 15 is 0 Å². The van der Waals surface area contributed by atoms with Crippen LogP contribution in [-0.4, -0.2) is 93.5 Å². The Morgan fingerprint density at radius 1 is 1.10 bits per heavy atom. The molecule has 4 fully saturated rings. The van der Waals surface area contributed by atoms with Crippen molar-refractivity contribution in [2.75, 3.05) is 59.5 Å². The van der Waals surface area contributed by atoms with Crippen LogP contribution in [-0.2, 0) is 14.4 Å². The molecule has 172 valence electrons. The predicted molar refractivity (Wildman–Crippen MR) is 116 cm³/mol. The topological polar surface area (TPSA) is 78.1 Å². The summed E-state index contributed by atoms with van der Waals surface area (Å²) in [4.78, 5) is 23.4. The summed E-state index contributed by atoms with van der Waals surface area (Å²) >= 11 is 0. The number of amides is 1. The summed E-state index contributed by atoms with van der Waals surface area (Å²) in [7, 11) is 1.72. The summed E-state index contributed by atoms with van der Waals surface area (Å²) in [6, 6.07) is 0.360. The number of ether oxygens (including phenoxy) is 1. The van der Waals surface area contributed by atoms with E-state index in [9.17, 15) is 4.79 Å². The van der Waals surface area contributed by atoms with E-state index < -0.39 is 0 Å². The molecule has 0 radical (unpaired) electrons. The molecule has 0 aromatic carbocycles. The average molecular weight is 424 g/mol. The normalized spacial score (nSPS) is 36.2. The third-order valence-corrected chi connectivity index (χ3v) is 7.48. The minimum absolute atomic E-state index is 0.145. The fourth-order valence-electron chi connectivity index (χ4n) is 5.71. The molecule has 4 aliphatic rings. The number of piperidine rings is 2. The largest absolute Gasteiger partial charge is 0.382 e. The van der Waals surface area contributed by atoms with E-state index in [1.165, 1.54) is 19.3 Å². The molecule has 8 nitrogen and oxygen atoms in total. The molecular weight excluding hydrogens is 382 g/mol. The highest BCUT2D eigenvalue weighted by Gasteiger charge is 2.34. The molecule has 0 bridgehead atoms. The summed E-state index contributed by atoms with van der Waals surface area (Å²) in [5.41, 5.74) is 3.20. The molecule has 0 aromatic rings. The highest BCUT2D eigenvalue weighted by atomic mass is 16.7. The maximum Gasteiger partial charge on any atom is 0.222 e. The first kappa shape index (κ1) is 22.4. The van der Waals surface area contributed by atoms with Crippen LogP contribution in [0.5, 0.6) is 0 Å². The number of rotatable bonds is 7. The van der Waals surface area contributed by atoms with Gasteiger partial charge < -0.3 is 20.3 Å². The zero-order chi connectivity index (χ0) is 20.8. The molecule has 30 heavy (non-hydrogen) atoms. The number of nitrogens with one attached hydrogen (secondary N) is 3. The van der Waals surface area contributed by atoms with Crippen molar-refractivity contribution in [2.24, 2.45) is 11.8 Å². The van der Waals surface area contributed by atoms with Crippen LogP contribution in [0, 0.1) is 11.8 Å². The van der Waals surface area contributed by atoms with Gasteiger partial charge in [-0.05, 0) is 70.0 Å². The SMILES string of the molecule is COCC1CC(C[C@@H]2CNCC[C@H]2CC(=O)N2CCN(C3CCCCN3)CC2)NO1. The van der Waals surface area contributed by atoms with Gasteiger partial charge >= 0.3 is 0 Å². The molecule has 4 heterocycles. The molecule has 0 aromatic heterocycles. The van der Waals surface area contributed by atoms with Crippen molar-refractivity contribution >= 4 is 5.91 Å². The molecule has 4 aliphatic heterocycles. The second-order valence-corrected chi connectivity index (χ2v) is 9.58. The summed E-state index contributed by atoms with van der Waals surface area (Å²) in [6.45, 7) is 7.56. The van der Waals surface area contributed by atoms with E-state index in [4.69, 9.17) is 9.57 Å². The lowest BCUT2D eigenvalue weighted by Gasteiger charge is -2.42. The van der Waals surface area contributed by atoms with Gasteiger partial charge in [0.25, 0.3) is 0 Å². The van der Waals surface area contributed by atoms with Gasteiger partial charge in [0, 0.05) is 45.8 Å². The monoisotopic (exact) mass is 423 g/mol. The van der Waals surface area contributed by atoms with E-state index in [1.807, 2.05) is 0 Å². The van der Waals surface area contributed by atoms with Gasteiger partial charge in [-0.3, -0.25) is 14.5 Å². The zero-order valence-electron chi connectivity index (χ0n) is 18.6. The van der Waals surface area contributed by atoms with Crippen LogP contribution < -0.4 is 16.1 Å². The Labute approximate surface area is 181 Å². The van der Waals surface area contributed by atoms with Crippen molar-refractivity contribution in [2.45, 2.75) is 63.3 Å². The fourth-order valence-corrected chi connectivity index (χ4v) is 5.71. The second-order valence-electron chi connectivity index (χ2n) is 9.58. The molecule has 3 unspecified atom stereocenters. The number of hydroxylamine groups is 1. The third-order valence-electron chi connectivity index (χ3n) is 7.48. The smallest absolute Gasteiger partial charge is 0.222 e. The Morgan fingerprint density at radius 3 is 2.73 bits per heavy atom. The first-order valence-corrected chi connectivity index (χ1v) is 12.1. The number of hydrogen-bond donors (Lipinski definition) is 3. The van der Waals surface area contributed by atoms with Gasteiger partial charge in [0.2, 0.25) is 5.91 Å². The van der Waals surface area contributed by atoms with Crippen LogP contribution in [0.2, 0.25) is 0 Å². The Morgan fingerprint density at radius 2 is 1.97 bits per heavy atom. The lowest BCUT2D eigenvalue weighted by molar-refractivity contribution is -0.135. The number of piperazine rings is 1. The van der Waals surface area contributed by atoms with Crippen molar-refractivity contribution in [3.05, 3.63) is 0 Å². The van der Waals surface area contributed by atoms with Gasteiger partial charge in [0.1, 0.15) is 6.10 Å². The highest BCUT2D eigenvalue weighted by Crippen LogP contribution is 2.30. The Bertz CT molecular complexity index is 537. The lowest BCUT2D eigenvalue weighted by Crippen LogP contribution is -2.57. The molecule has 0 saturated carbocycles. The fraction of sp³-hybridized carbons (Fsp3) is 0.955. The Kier molecular flexibility index (Phi) is 8.37. The quantitative estimate of drug-likeness (QED) is 0.552. The van der Waals surface area contributed by atoms with Gasteiger partial charge in [-0.2, -0.15) is 5.48 Å². The lowest BCUT2D eigenvalue weighted by atomic mass is 9.79. The molecule has 5 atom stereocenters. The zero-order valence-corrected chi connectivity index (χ0v) is 18.6. The Hall–Kier alpha value is -0.770. The van der Waals surface area contributed by atoms with Gasteiger partial charge in [0.05, 0.1) is 12.8 Å². The van der Waals surface area contributed by atoms with Crippen molar-refractivity contribution in [1.29, 1.82) is 0 Å². The average Bonchev–Trinajstić information content (AvgIpc) is 3.23. The van der Waals surface area contributed by atoms with Gasteiger partial charge in [-0.1, -0.05) is 0 Å². The van der Waals surface area contributed by atoms with Crippen LogP contribution in [0.1, 0.15) is 44.9 Å². The molecule has 3 N–H and O–H groups in total. The van der Waals surface area contributed by atoms with Crippen molar-refractivity contribution in [3.8, 4) is 0 Å². The van der Waals surface area contributed by atoms with E-state index in [2.05, 4.69) is 25.9 Å².